The molecule has 0 heterocycles. The van der Waals surface area contributed by atoms with Crippen LogP contribution in [0.2, 0.25) is 0 Å². The normalized spacial score (nSPS) is 9.85. The number of methoxy groups -OCH3 is 1. The molecule has 0 unspecified atom stereocenters. The van der Waals surface area contributed by atoms with Crippen LogP contribution in [0.1, 0.15) is 6.42 Å². The lowest BCUT2D eigenvalue weighted by Gasteiger charge is -2.06. The zero-order valence-electron chi connectivity index (χ0n) is 10.9. The lowest BCUT2D eigenvalue weighted by Crippen LogP contribution is -2.36. The molecule has 0 spiro atoms. The first-order valence-corrected chi connectivity index (χ1v) is 5.87. The molecule has 0 fully saturated rings. The van der Waals surface area contributed by atoms with Crippen molar-refractivity contribution in [2.75, 3.05) is 25.6 Å². The van der Waals surface area contributed by atoms with Crippen LogP contribution in [0, 0.1) is 10.1 Å². The van der Waals surface area contributed by atoms with E-state index in [1.807, 2.05) is 0 Å². The summed E-state index contributed by atoms with van der Waals surface area (Å²) < 4.78 is 4.80. The van der Waals surface area contributed by atoms with Crippen LogP contribution >= 0.6 is 0 Å². The number of nitro benzene ring substituents is 1. The minimum Gasteiger partial charge on any atom is -0.385 e. The number of amides is 2. The van der Waals surface area contributed by atoms with E-state index in [0.717, 1.165) is 0 Å². The number of hydrogen-bond acceptors (Lipinski definition) is 5. The number of anilines is 1. The first-order chi connectivity index (χ1) is 9.56. The molecule has 108 valence electrons. The molecule has 0 saturated heterocycles. The Balaban J connectivity index is 2.58. The van der Waals surface area contributed by atoms with Gasteiger partial charge in [-0.3, -0.25) is 19.7 Å². The Bertz CT molecular complexity index is 504. The molecule has 20 heavy (non-hydrogen) atoms. The van der Waals surface area contributed by atoms with Gasteiger partial charge in [-0.25, -0.2) is 0 Å². The Morgan fingerprint density at radius 2 is 2.00 bits per heavy atom. The molecule has 2 amide bonds. The summed E-state index contributed by atoms with van der Waals surface area (Å²) in [5.41, 5.74) is -0.289. The van der Waals surface area contributed by atoms with Gasteiger partial charge in [0.05, 0.1) is 4.92 Å². The fourth-order valence-corrected chi connectivity index (χ4v) is 1.42. The van der Waals surface area contributed by atoms with Crippen molar-refractivity contribution in [2.45, 2.75) is 6.42 Å². The van der Waals surface area contributed by atoms with Crippen molar-refractivity contribution in [3.8, 4) is 0 Å². The fraction of sp³-hybridized carbons (Fsp3) is 0.333. The highest BCUT2D eigenvalue weighted by molar-refractivity contribution is 6.39. The summed E-state index contributed by atoms with van der Waals surface area (Å²) in [5, 5.41) is 15.4. The van der Waals surface area contributed by atoms with E-state index in [1.165, 1.54) is 31.4 Å². The molecule has 2 N–H and O–H groups in total. The molecule has 0 saturated carbocycles. The molecule has 0 atom stereocenters. The fourth-order valence-electron chi connectivity index (χ4n) is 1.42. The van der Waals surface area contributed by atoms with Gasteiger partial charge >= 0.3 is 11.8 Å². The average molecular weight is 281 g/mol. The molecule has 0 aliphatic rings. The average Bonchev–Trinajstić information content (AvgIpc) is 2.43. The van der Waals surface area contributed by atoms with Gasteiger partial charge in [0.15, 0.2) is 0 Å². The maximum Gasteiger partial charge on any atom is 0.313 e. The first kappa shape index (κ1) is 15.6. The number of nitrogens with zero attached hydrogens (tertiary/aromatic N) is 1. The maximum absolute atomic E-state index is 11.6. The van der Waals surface area contributed by atoms with Crippen molar-refractivity contribution in [3.05, 3.63) is 34.4 Å². The molecule has 0 aromatic heterocycles. The molecule has 1 aromatic carbocycles. The summed E-state index contributed by atoms with van der Waals surface area (Å²) in [4.78, 5) is 33.2. The predicted molar refractivity (Wildman–Crippen MR) is 71.2 cm³/mol. The van der Waals surface area contributed by atoms with Crippen LogP contribution in [0.4, 0.5) is 11.4 Å². The minimum absolute atomic E-state index is 0.0189. The van der Waals surface area contributed by atoms with Gasteiger partial charge in [0.25, 0.3) is 5.69 Å². The zero-order chi connectivity index (χ0) is 15.0. The number of ether oxygens (including phenoxy) is 1. The molecular formula is C12H15N3O5. The molecule has 8 heteroatoms. The van der Waals surface area contributed by atoms with Crippen LogP contribution in [0.25, 0.3) is 0 Å². The van der Waals surface area contributed by atoms with Gasteiger partial charge in [0.2, 0.25) is 0 Å². The molecule has 8 nitrogen and oxygen atoms in total. The smallest absolute Gasteiger partial charge is 0.313 e. The standard InChI is InChI=1S/C12H15N3O5/c1-20-8-4-7-13-11(16)12(17)14-9-5-2-3-6-10(9)15(18)19/h2-3,5-6H,4,7-8H2,1H3,(H,13,16)(H,14,17). The van der Waals surface area contributed by atoms with Crippen molar-refractivity contribution in [1.82, 2.24) is 5.32 Å². The summed E-state index contributed by atoms with van der Waals surface area (Å²) >= 11 is 0. The van der Waals surface area contributed by atoms with E-state index in [1.54, 1.807) is 0 Å². The largest absolute Gasteiger partial charge is 0.385 e. The van der Waals surface area contributed by atoms with Gasteiger partial charge in [-0.05, 0) is 12.5 Å². The van der Waals surface area contributed by atoms with Crippen molar-refractivity contribution in [3.63, 3.8) is 0 Å². The summed E-state index contributed by atoms with van der Waals surface area (Å²) in [7, 11) is 1.53. The highest BCUT2D eigenvalue weighted by atomic mass is 16.6. The number of para-hydroxylation sites is 2. The molecule has 1 rings (SSSR count). The third kappa shape index (κ3) is 4.65. The second kappa shape index (κ2) is 7.85. The van der Waals surface area contributed by atoms with Gasteiger partial charge in [-0.15, -0.1) is 0 Å². The van der Waals surface area contributed by atoms with Crippen molar-refractivity contribution < 1.29 is 19.2 Å². The molecule has 0 aliphatic heterocycles. The number of hydrogen-bond donors (Lipinski definition) is 2. The Labute approximate surface area is 115 Å². The summed E-state index contributed by atoms with van der Waals surface area (Å²) in [6.07, 6.45) is 0.570. The van der Waals surface area contributed by atoms with E-state index in [0.29, 0.717) is 13.0 Å². The Morgan fingerprint density at radius 1 is 1.30 bits per heavy atom. The summed E-state index contributed by atoms with van der Waals surface area (Å²) in [6, 6.07) is 5.60. The van der Waals surface area contributed by atoms with Gasteiger partial charge < -0.3 is 15.4 Å². The molecule has 1 aromatic rings. The minimum atomic E-state index is -0.947. The van der Waals surface area contributed by atoms with Crippen LogP contribution in [0.15, 0.2) is 24.3 Å². The van der Waals surface area contributed by atoms with Crippen LogP contribution in [0.3, 0.4) is 0 Å². The Morgan fingerprint density at radius 3 is 2.65 bits per heavy atom. The quantitative estimate of drug-likeness (QED) is 0.345. The summed E-state index contributed by atoms with van der Waals surface area (Å²) in [5.74, 6) is -1.80. The van der Waals surface area contributed by atoms with E-state index in [2.05, 4.69) is 10.6 Å². The number of carbonyl (C=O) groups is 2. The van der Waals surface area contributed by atoms with Gasteiger partial charge in [-0.2, -0.15) is 0 Å². The molecule has 0 radical (unpaired) electrons. The predicted octanol–water partition coefficient (Wildman–Crippen LogP) is 0.686. The second-order valence-electron chi connectivity index (χ2n) is 3.83. The highest BCUT2D eigenvalue weighted by Crippen LogP contribution is 2.22. The number of benzene rings is 1. The summed E-state index contributed by atoms with van der Waals surface area (Å²) in [6.45, 7) is 0.753. The van der Waals surface area contributed by atoms with Crippen molar-refractivity contribution in [2.24, 2.45) is 0 Å². The highest BCUT2D eigenvalue weighted by Gasteiger charge is 2.18. The van der Waals surface area contributed by atoms with Gasteiger partial charge in [0, 0.05) is 26.3 Å². The monoisotopic (exact) mass is 281 g/mol. The number of nitro groups is 1. The molecular weight excluding hydrogens is 266 g/mol. The molecule has 0 aliphatic carbocycles. The number of rotatable bonds is 6. The zero-order valence-corrected chi connectivity index (χ0v) is 10.9. The van der Waals surface area contributed by atoms with Crippen LogP contribution in [-0.2, 0) is 14.3 Å². The van der Waals surface area contributed by atoms with Gasteiger partial charge in [0.1, 0.15) is 5.69 Å². The molecule has 0 bridgehead atoms. The topological polar surface area (TPSA) is 111 Å². The lowest BCUT2D eigenvalue weighted by molar-refractivity contribution is -0.383. The van der Waals surface area contributed by atoms with E-state index in [4.69, 9.17) is 4.74 Å². The Hall–Kier alpha value is -2.48. The van der Waals surface area contributed by atoms with Crippen LogP contribution < -0.4 is 10.6 Å². The maximum atomic E-state index is 11.6. The van der Waals surface area contributed by atoms with E-state index in [9.17, 15) is 19.7 Å². The number of nitrogens with one attached hydrogen (secondary N) is 2. The van der Waals surface area contributed by atoms with Crippen molar-refractivity contribution >= 4 is 23.2 Å². The Kier molecular flexibility index (Phi) is 6.11. The van der Waals surface area contributed by atoms with E-state index < -0.39 is 16.7 Å². The van der Waals surface area contributed by atoms with E-state index in [-0.39, 0.29) is 17.9 Å². The van der Waals surface area contributed by atoms with E-state index >= 15 is 0 Å². The van der Waals surface area contributed by atoms with Crippen LogP contribution in [0.5, 0.6) is 0 Å². The van der Waals surface area contributed by atoms with Gasteiger partial charge in [-0.1, -0.05) is 12.1 Å². The van der Waals surface area contributed by atoms with Crippen molar-refractivity contribution in [1.29, 1.82) is 0 Å². The number of carbonyl (C=O) groups excluding carboxylic acids is 2. The third-order valence-corrected chi connectivity index (χ3v) is 2.37. The third-order valence-electron chi connectivity index (χ3n) is 2.37. The lowest BCUT2D eigenvalue weighted by atomic mass is 10.2. The first-order valence-electron chi connectivity index (χ1n) is 5.87. The SMILES string of the molecule is COCCCNC(=O)C(=O)Nc1ccccc1[N+](=O)[O-]. The second-order valence-corrected chi connectivity index (χ2v) is 3.83. The van der Waals surface area contributed by atoms with Crippen LogP contribution in [-0.4, -0.2) is 37.0 Å².